The first kappa shape index (κ1) is 13.1. The lowest BCUT2D eigenvalue weighted by molar-refractivity contribution is 0.256. The molecule has 1 unspecified atom stereocenters. The zero-order valence-electron chi connectivity index (χ0n) is 10.2. The molecule has 1 saturated carbocycles. The maximum atomic E-state index is 9.04. The molecule has 1 fully saturated rings. The molecule has 1 aliphatic carbocycles. The summed E-state index contributed by atoms with van der Waals surface area (Å²) >= 11 is 3.51. The van der Waals surface area contributed by atoms with Gasteiger partial charge < -0.3 is 10.4 Å². The zero-order chi connectivity index (χ0) is 12.3. The van der Waals surface area contributed by atoms with Crippen LogP contribution in [-0.2, 0) is 6.54 Å². The maximum Gasteiger partial charge on any atom is 0.0445 e. The molecule has 0 bridgehead atoms. The van der Waals surface area contributed by atoms with Crippen molar-refractivity contribution in [2.45, 2.75) is 38.8 Å². The highest BCUT2D eigenvalue weighted by Crippen LogP contribution is 2.34. The van der Waals surface area contributed by atoms with Gasteiger partial charge in [-0.2, -0.15) is 0 Å². The molecule has 0 amide bonds. The summed E-state index contributed by atoms with van der Waals surface area (Å²) < 4.78 is 1.16. The quantitative estimate of drug-likeness (QED) is 0.846. The second-order valence-electron chi connectivity index (χ2n) is 4.92. The number of hydrogen-bond acceptors (Lipinski definition) is 2. The van der Waals surface area contributed by atoms with Gasteiger partial charge in [0.2, 0.25) is 0 Å². The van der Waals surface area contributed by atoms with Crippen LogP contribution in [0.3, 0.4) is 0 Å². The van der Waals surface area contributed by atoms with Gasteiger partial charge in [0.25, 0.3) is 0 Å². The Morgan fingerprint density at radius 2 is 2.24 bits per heavy atom. The maximum absolute atomic E-state index is 9.04. The predicted octanol–water partition coefficient (Wildman–Crippen LogP) is 3.01. The van der Waals surface area contributed by atoms with Crippen LogP contribution in [0.2, 0.25) is 0 Å². The number of rotatable bonds is 6. The average molecular weight is 298 g/mol. The standard InChI is InChI=1S/C14H20BrNO/c1-10-8-11(2-5-13(10)15)9-16-14(6-7-17)12-3-4-12/h2,5,8,12,14,16-17H,3-4,6-7,9H2,1H3. The van der Waals surface area contributed by atoms with Gasteiger partial charge in [0.05, 0.1) is 0 Å². The normalized spacial score (nSPS) is 17.1. The largest absolute Gasteiger partial charge is 0.396 e. The van der Waals surface area contributed by atoms with Gasteiger partial charge in [-0.15, -0.1) is 0 Å². The summed E-state index contributed by atoms with van der Waals surface area (Å²) in [5.74, 6) is 0.790. The number of aliphatic hydroxyl groups is 1. The summed E-state index contributed by atoms with van der Waals surface area (Å²) in [5, 5.41) is 12.6. The molecule has 0 heterocycles. The molecule has 0 spiro atoms. The topological polar surface area (TPSA) is 32.3 Å². The third-order valence-corrected chi connectivity index (χ3v) is 4.31. The first-order valence-electron chi connectivity index (χ1n) is 6.30. The van der Waals surface area contributed by atoms with Crippen LogP contribution in [0.4, 0.5) is 0 Å². The fourth-order valence-corrected chi connectivity index (χ4v) is 2.45. The lowest BCUT2D eigenvalue weighted by Gasteiger charge is -2.17. The molecule has 2 N–H and O–H groups in total. The number of aryl methyl sites for hydroxylation is 1. The molecule has 0 saturated heterocycles. The molecule has 94 valence electrons. The van der Waals surface area contributed by atoms with Crippen LogP contribution in [0.25, 0.3) is 0 Å². The molecule has 0 aliphatic heterocycles. The van der Waals surface area contributed by atoms with E-state index in [1.165, 1.54) is 24.0 Å². The van der Waals surface area contributed by atoms with E-state index < -0.39 is 0 Å². The van der Waals surface area contributed by atoms with E-state index in [0.717, 1.165) is 23.4 Å². The van der Waals surface area contributed by atoms with E-state index in [0.29, 0.717) is 6.04 Å². The Morgan fingerprint density at radius 1 is 1.47 bits per heavy atom. The summed E-state index contributed by atoms with van der Waals surface area (Å²) in [7, 11) is 0. The van der Waals surface area contributed by atoms with E-state index in [2.05, 4.69) is 46.4 Å². The Hall–Kier alpha value is -0.380. The van der Waals surface area contributed by atoms with Crippen molar-refractivity contribution in [2.24, 2.45) is 5.92 Å². The summed E-state index contributed by atoms with van der Waals surface area (Å²) in [6.07, 6.45) is 3.51. The number of benzene rings is 1. The Morgan fingerprint density at radius 3 is 2.82 bits per heavy atom. The molecule has 2 nitrogen and oxygen atoms in total. The van der Waals surface area contributed by atoms with Gasteiger partial charge >= 0.3 is 0 Å². The number of halogens is 1. The molecule has 1 aromatic rings. The first-order chi connectivity index (χ1) is 8.20. The van der Waals surface area contributed by atoms with Crippen LogP contribution < -0.4 is 5.32 Å². The average Bonchev–Trinajstić information content (AvgIpc) is 3.13. The van der Waals surface area contributed by atoms with Crippen molar-refractivity contribution in [3.05, 3.63) is 33.8 Å². The van der Waals surface area contributed by atoms with Gasteiger partial charge in [0.1, 0.15) is 0 Å². The lowest BCUT2D eigenvalue weighted by Crippen LogP contribution is -2.31. The lowest BCUT2D eigenvalue weighted by atomic mass is 10.1. The third kappa shape index (κ3) is 3.80. The SMILES string of the molecule is Cc1cc(CNC(CCO)C2CC2)ccc1Br. The number of aliphatic hydroxyl groups excluding tert-OH is 1. The summed E-state index contributed by atoms with van der Waals surface area (Å²) in [4.78, 5) is 0. The predicted molar refractivity (Wildman–Crippen MR) is 73.9 cm³/mol. The molecule has 1 atom stereocenters. The molecular formula is C14H20BrNO. The minimum Gasteiger partial charge on any atom is -0.396 e. The Bertz CT molecular complexity index is 376. The molecule has 0 radical (unpaired) electrons. The molecular weight excluding hydrogens is 278 g/mol. The molecule has 3 heteroatoms. The van der Waals surface area contributed by atoms with Gasteiger partial charge in [0.15, 0.2) is 0 Å². The van der Waals surface area contributed by atoms with Crippen LogP contribution in [0.1, 0.15) is 30.4 Å². The van der Waals surface area contributed by atoms with Crippen molar-refractivity contribution in [3.63, 3.8) is 0 Å². The highest BCUT2D eigenvalue weighted by atomic mass is 79.9. The second-order valence-corrected chi connectivity index (χ2v) is 5.77. The van der Waals surface area contributed by atoms with Crippen LogP contribution in [0, 0.1) is 12.8 Å². The summed E-state index contributed by atoms with van der Waals surface area (Å²) in [5.41, 5.74) is 2.59. The van der Waals surface area contributed by atoms with Crippen molar-refractivity contribution in [2.75, 3.05) is 6.61 Å². The van der Waals surface area contributed by atoms with Gasteiger partial charge in [-0.25, -0.2) is 0 Å². The van der Waals surface area contributed by atoms with Crippen LogP contribution >= 0.6 is 15.9 Å². The van der Waals surface area contributed by atoms with Crippen LogP contribution in [-0.4, -0.2) is 17.8 Å². The minimum absolute atomic E-state index is 0.285. The van der Waals surface area contributed by atoms with E-state index in [9.17, 15) is 0 Å². The van der Waals surface area contributed by atoms with Crippen molar-refractivity contribution >= 4 is 15.9 Å². The highest BCUT2D eigenvalue weighted by molar-refractivity contribution is 9.10. The van der Waals surface area contributed by atoms with Crippen LogP contribution in [0.5, 0.6) is 0 Å². The minimum atomic E-state index is 0.285. The smallest absolute Gasteiger partial charge is 0.0445 e. The van der Waals surface area contributed by atoms with E-state index in [-0.39, 0.29) is 6.61 Å². The Balaban J connectivity index is 1.89. The highest BCUT2D eigenvalue weighted by Gasteiger charge is 2.30. The van der Waals surface area contributed by atoms with Crippen molar-refractivity contribution in [3.8, 4) is 0 Å². The van der Waals surface area contributed by atoms with Crippen molar-refractivity contribution in [1.82, 2.24) is 5.32 Å². The summed E-state index contributed by atoms with van der Waals surface area (Å²) in [6, 6.07) is 6.95. The van der Waals surface area contributed by atoms with Gasteiger partial charge in [-0.3, -0.25) is 0 Å². The van der Waals surface area contributed by atoms with Crippen LogP contribution in [0.15, 0.2) is 22.7 Å². The molecule has 1 aromatic carbocycles. The fraction of sp³-hybridized carbons (Fsp3) is 0.571. The molecule has 2 rings (SSSR count). The van der Waals surface area contributed by atoms with Crippen molar-refractivity contribution in [1.29, 1.82) is 0 Å². The fourth-order valence-electron chi connectivity index (χ4n) is 2.21. The molecule has 17 heavy (non-hydrogen) atoms. The monoisotopic (exact) mass is 297 g/mol. The number of nitrogens with one attached hydrogen (secondary N) is 1. The van der Waals surface area contributed by atoms with E-state index in [4.69, 9.17) is 5.11 Å². The van der Waals surface area contributed by atoms with Gasteiger partial charge in [-0.1, -0.05) is 28.1 Å². The second kappa shape index (κ2) is 5.98. The molecule has 0 aromatic heterocycles. The summed E-state index contributed by atoms with van der Waals surface area (Å²) in [6.45, 7) is 3.29. The third-order valence-electron chi connectivity index (χ3n) is 3.42. The van der Waals surface area contributed by atoms with Gasteiger partial charge in [0, 0.05) is 23.7 Å². The van der Waals surface area contributed by atoms with E-state index in [1.54, 1.807) is 0 Å². The Kier molecular flexibility index (Phi) is 4.60. The van der Waals surface area contributed by atoms with E-state index in [1.807, 2.05) is 0 Å². The van der Waals surface area contributed by atoms with Gasteiger partial charge in [-0.05, 0) is 49.3 Å². The van der Waals surface area contributed by atoms with Crippen molar-refractivity contribution < 1.29 is 5.11 Å². The number of hydrogen-bond donors (Lipinski definition) is 2. The first-order valence-corrected chi connectivity index (χ1v) is 7.09. The van der Waals surface area contributed by atoms with E-state index >= 15 is 0 Å². The molecule has 1 aliphatic rings. The zero-order valence-corrected chi connectivity index (χ0v) is 11.8. The Labute approximate surface area is 112 Å².